The summed E-state index contributed by atoms with van der Waals surface area (Å²) < 4.78 is 0. The number of aromatic amines is 2. The molecule has 3 N–H and O–H groups in total. The number of pyridine rings is 3. The highest BCUT2D eigenvalue weighted by atomic mass is 32.1. The van der Waals surface area contributed by atoms with Crippen LogP contribution in [0.25, 0.3) is 55.7 Å². The van der Waals surface area contributed by atoms with Crippen molar-refractivity contribution in [3.63, 3.8) is 0 Å². The van der Waals surface area contributed by atoms with Crippen LogP contribution in [-0.4, -0.2) is 36.0 Å². The van der Waals surface area contributed by atoms with Crippen LogP contribution in [0.3, 0.4) is 0 Å². The van der Waals surface area contributed by atoms with Crippen molar-refractivity contribution in [3.8, 4) is 33.6 Å². The average molecular weight is 506 g/mol. The van der Waals surface area contributed by atoms with Crippen LogP contribution in [-0.2, 0) is 4.79 Å². The van der Waals surface area contributed by atoms with Crippen molar-refractivity contribution in [1.29, 1.82) is 0 Å². The number of hydrogen-bond acceptors (Lipinski definition) is 6. The van der Waals surface area contributed by atoms with Gasteiger partial charge in [0.05, 0.1) is 23.3 Å². The van der Waals surface area contributed by atoms with Crippen molar-refractivity contribution < 1.29 is 4.79 Å². The Bertz CT molecular complexity index is 1750. The molecule has 8 nitrogen and oxygen atoms in total. The fraction of sp³-hybridized carbons (Fsp3) is 0.179. The van der Waals surface area contributed by atoms with Crippen molar-refractivity contribution in [2.45, 2.75) is 25.7 Å². The number of H-pyrrole nitrogens is 2. The van der Waals surface area contributed by atoms with Crippen LogP contribution in [0.1, 0.15) is 25.7 Å². The Kier molecular flexibility index (Phi) is 5.28. The molecule has 0 atom stereocenters. The highest BCUT2D eigenvalue weighted by molar-refractivity contribution is 7.08. The lowest BCUT2D eigenvalue weighted by atomic mass is 10.1. The molecule has 9 heteroatoms. The van der Waals surface area contributed by atoms with Gasteiger partial charge in [-0.05, 0) is 65.1 Å². The average Bonchev–Trinajstić information content (AvgIpc) is 3.74. The van der Waals surface area contributed by atoms with Crippen molar-refractivity contribution in [1.82, 2.24) is 30.1 Å². The first-order valence-electron chi connectivity index (χ1n) is 12.3. The van der Waals surface area contributed by atoms with E-state index in [1.54, 1.807) is 29.9 Å². The maximum atomic E-state index is 12.6. The number of hydrogen-bond donors (Lipinski definition) is 3. The van der Waals surface area contributed by atoms with Crippen LogP contribution >= 0.6 is 11.3 Å². The van der Waals surface area contributed by atoms with Gasteiger partial charge < -0.3 is 10.3 Å². The molecule has 1 aliphatic carbocycles. The van der Waals surface area contributed by atoms with Gasteiger partial charge in [0.15, 0.2) is 5.65 Å². The third kappa shape index (κ3) is 3.97. The molecule has 1 amide bonds. The summed E-state index contributed by atoms with van der Waals surface area (Å²) in [5.41, 5.74) is 7.97. The molecule has 6 aromatic rings. The molecule has 0 radical (unpaired) electrons. The predicted molar refractivity (Wildman–Crippen MR) is 146 cm³/mol. The van der Waals surface area contributed by atoms with E-state index < -0.39 is 0 Å². The van der Waals surface area contributed by atoms with Crippen LogP contribution in [0, 0.1) is 5.92 Å². The number of carbonyl (C=O) groups is 1. The highest BCUT2D eigenvalue weighted by Gasteiger charge is 2.23. The summed E-state index contributed by atoms with van der Waals surface area (Å²) in [7, 11) is 0. The molecular weight excluding hydrogens is 482 g/mol. The molecule has 0 aromatic carbocycles. The molecule has 0 saturated heterocycles. The molecular formula is C28H23N7OS. The van der Waals surface area contributed by atoms with Crippen LogP contribution in [0.5, 0.6) is 0 Å². The zero-order chi connectivity index (χ0) is 24.8. The SMILES string of the molecule is O=C(Nc1cncc(-c2cnc3n[nH]c(-c4cc5c(-c6ccsc6)ccnc5[nH]4)c3c2)c1)C1CCCC1. The Morgan fingerprint density at radius 3 is 2.73 bits per heavy atom. The van der Waals surface area contributed by atoms with E-state index in [1.807, 2.05) is 18.3 Å². The lowest BCUT2D eigenvalue weighted by molar-refractivity contribution is -0.119. The van der Waals surface area contributed by atoms with Crippen molar-refractivity contribution in [3.05, 3.63) is 65.9 Å². The number of amides is 1. The number of aromatic nitrogens is 6. The lowest BCUT2D eigenvalue weighted by Crippen LogP contribution is -2.20. The Hall–Kier alpha value is -4.37. The Morgan fingerprint density at radius 2 is 1.86 bits per heavy atom. The van der Waals surface area contributed by atoms with Gasteiger partial charge in [0, 0.05) is 46.4 Å². The first-order chi connectivity index (χ1) is 18.2. The normalized spacial score (nSPS) is 14.1. The largest absolute Gasteiger partial charge is 0.338 e. The van der Waals surface area contributed by atoms with Crippen molar-refractivity contribution in [2.24, 2.45) is 5.92 Å². The topological polar surface area (TPSA) is 112 Å². The summed E-state index contributed by atoms with van der Waals surface area (Å²) in [4.78, 5) is 29.5. The number of anilines is 1. The first-order valence-corrected chi connectivity index (χ1v) is 13.3. The fourth-order valence-corrected chi connectivity index (χ4v) is 5.85. The zero-order valence-corrected chi connectivity index (χ0v) is 20.7. The highest BCUT2D eigenvalue weighted by Crippen LogP contribution is 2.35. The predicted octanol–water partition coefficient (Wildman–Crippen LogP) is 6.42. The fourth-order valence-electron chi connectivity index (χ4n) is 5.19. The second-order valence-electron chi connectivity index (χ2n) is 9.44. The number of fused-ring (bicyclic) bond motifs is 2. The molecule has 182 valence electrons. The second kappa shape index (κ2) is 8.94. The Morgan fingerprint density at radius 1 is 0.973 bits per heavy atom. The molecule has 0 unspecified atom stereocenters. The molecule has 1 aliphatic rings. The molecule has 0 spiro atoms. The number of carbonyl (C=O) groups excluding carboxylic acids is 1. The van der Waals surface area contributed by atoms with Gasteiger partial charge in [-0.1, -0.05) is 12.8 Å². The summed E-state index contributed by atoms with van der Waals surface area (Å²) in [5, 5.41) is 16.8. The third-order valence-corrected chi connectivity index (χ3v) is 7.79. The molecule has 1 saturated carbocycles. The van der Waals surface area contributed by atoms with E-state index in [1.165, 1.54) is 5.56 Å². The minimum Gasteiger partial charge on any atom is -0.338 e. The van der Waals surface area contributed by atoms with Gasteiger partial charge in [-0.3, -0.25) is 14.9 Å². The monoisotopic (exact) mass is 505 g/mol. The Labute approximate surface area is 216 Å². The van der Waals surface area contributed by atoms with Gasteiger partial charge in [0.2, 0.25) is 5.91 Å². The number of nitrogens with zero attached hydrogens (tertiary/aromatic N) is 4. The van der Waals surface area contributed by atoms with Gasteiger partial charge in [-0.15, -0.1) is 0 Å². The summed E-state index contributed by atoms with van der Waals surface area (Å²) >= 11 is 1.68. The van der Waals surface area contributed by atoms with E-state index in [0.717, 1.165) is 70.2 Å². The van der Waals surface area contributed by atoms with E-state index in [-0.39, 0.29) is 11.8 Å². The van der Waals surface area contributed by atoms with E-state index in [9.17, 15) is 4.79 Å². The Balaban J connectivity index is 1.25. The van der Waals surface area contributed by atoms with Crippen LogP contribution in [0.15, 0.2) is 65.9 Å². The van der Waals surface area contributed by atoms with Gasteiger partial charge in [0.25, 0.3) is 0 Å². The summed E-state index contributed by atoms with van der Waals surface area (Å²) in [5.74, 6) is 0.178. The molecule has 1 fully saturated rings. The summed E-state index contributed by atoms with van der Waals surface area (Å²) in [6.07, 6.45) is 11.2. The van der Waals surface area contributed by atoms with E-state index in [4.69, 9.17) is 0 Å². The lowest BCUT2D eigenvalue weighted by Gasteiger charge is -2.11. The minimum atomic E-state index is 0.0800. The van der Waals surface area contributed by atoms with E-state index >= 15 is 0 Å². The number of rotatable bonds is 5. The molecule has 0 aliphatic heterocycles. The molecule has 6 aromatic heterocycles. The van der Waals surface area contributed by atoms with Crippen LogP contribution in [0.4, 0.5) is 5.69 Å². The second-order valence-corrected chi connectivity index (χ2v) is 10.2. The number of thiophene rings is 1. The van der Waals surface area contributed by atoms with Gasteiger partial charge in [-0.25, -0.2) is 9.97 Å². The minimum absolute atomic E-state index is 0.0800. The molecule has 7 rings (SSSR count). The van der Waals surface area contributed by atoms with Gasteiger partial charge in [0.1, 0.15) is 5.65 Å². The quantitative estimate of drug-likeness (QED) is 0.250. The smallest absolute Gasteiger partial charge is 0.227 e. The molecule has 37 heavy (non-hydrogen) atoms. The summed E-state index contributed by atoms with van der Waals surface area (Å²) in [6.45, 7) is 0. The van der Waals surface area contributed by atoms with E-state index in [0.29, 0.717) is 11.3 Å². The maximum Gasteiger partial charge on any atom is 0.227 e. The molecule has 0 bridgehead atoms. The first kappa shape index (κ1) is 21.9. The maximum absolute atomic E-state index is 12.6. The van der Waals surface area contributed by atoms with E-state index in [2.05, 4.69) is 64.4 Å². The van der Waals surface area contributed by atoms with Gasteiger partial charge >= 0.3 is 0 Å². The zero-order valence-electron chi connectivity index (χ0n) is 19.9. The van der Waals surface area contributed by atoms with Crippen molar-refractivity contribution >= 4 is 45.0 Å². The van der Waals surface area contributed by atoms with Gasteiger partial charge in [-0.2, -0.15) is 16.4 Å². The van der Waals surface area contributed by atoms with Crippen molar-refractivity contribution in [2.75, 3.05) is 5.32 Å². The third-order valence-electron chi connectivity index (χ3n) is 7.11. The van der Waals surface area contributed by atoms with Crippen LogP contribution in [0.2, 0.25) is 0 Å². The van der Waals surface area contributed by atoms with Crippen LogP contribution < -0.4 is 5.32 Å². The summed E-state index contributed by atoms with van der Waals surface area (Å²) in [6, 6.07) is 10.3. The standard InChI is InChI=1S/C28H23N7OS/c36-28(16-3-1-2-4-16)32-20-9-18(12-29-14-20)19-10-23-25(34-35-27(23)31-13-19)24-11-22-21(17-6-8-37-15-17)5-7-30-26(22)33-24/h5-16H,1-4H2,(H,30,33)(H,32,36)(H,31,34,35). The number of nitrogens with one attached hydrogen (secondary N) is 3. The molecule has 6 heterocycles.